The van der Waals surface area contributed by atoms with E-state index in [-0.39, 0.29) is 18.9 Å². The molecule has 0 fully saturated rings. The third-order valence-electron chi connectivity index (χ3n) is 3.50. The lowest BCUT2D eigenvalue weighted by Gasteiger charge is -2.08. The second-order valence-corrected chi connectivity index (χ2v) is 5.31. The molecular formula is C19H21NO5. The summed E-state index contributed by atoms with van der Waals surface area (Å²) >= 11 is 0. The van der Waals surface area contributed by atoms with Crippen LogP contribution in [0.2, 0.25) is 0 Å². The van der Waals surface area contributed by atoms with Gasteiger partial charge in [-0.1, -0.05) is 24.3 Å². The standard InChI is InChI=1S/C19H21NO5/c1-23-16-8-6-14(7-9-16)11-19(22)25-13-18(21)20-12-15-4-3-5-17(10-15)24-2/h3-10H,11-13H2,1-2H3,(H,20,21). The van der Waals surface area contributed by atoms with E-state index in [1.54, 1.807) is 38.5 Å². The van der Waals surface area contributed by atoms with Crippen LogP contribution in [-0.2, 0) is 27.3 Å². The first-order valence-corrected chi connectivity index (χ1v) is 7.79. The van der Waals surface area contributed by atoms with Crippen molar-refractivity contribution in [1.82, 2.24) is 5.32 Å². The van der Waals surface area contributed by atoms with Gasteiger partial charge in [0.25, 0.3) is 5.91 Å². The summed E-state index contributed by atoms with van der Waals surface area (Å²) in [6.45, 7) is 0.0328. The van der Waals surface area contributed by atoms with Crippen molar-refractivity contribution >= 4 is 11.9 Å². The van der Waals surface area contributed by atoms with Crippen LogP contribution in [0.5, 0.6) is 11.5 Å². The summed E-state index contributed by atoms with van der Waals surface area (Å²) in [7, 11) is 3.16. The monoisotopic (exact) mass is 343 g/mol. The molecule has 132 valence electrons. The van der Waals surface area contributed by atoms with Gasteiger partial charge in [-0.2, -0.15) is 0 Å². The van der Waals surface area contributed by atoms with Crippen LogP contribution in [0.1, 0.15) is 11.1 Å². The molecule has 0 aliphatic carbocycles. The van der Waals surface area contributed by atoms with Gasteiger partial charge in [0.1, 0.15) is 11.5 Å². The van der Waals surface area contributed by atoms with Crippen LogP contribution in [0.3, 0.4) is 0 Å². The van der Waals surface area contributed by atoms with E-state index in [2.05, 4.69) is 5.32 Å². The fourth-order valence-corrected chi connectivity index (χ4v) is 2.14. The zero-order valence-electron chi connectivity index (χ0n) is 14.3. The highest BCUT2D eigenvalue weighted by molar-refractivity contribution is 5.81. The van der Waals surface area contributed by atoms with Crippen molar-refractivity contribution in [2.75, 3.05) is 20.8 Å². The molecule has 0 heterocycles. The third-order valence-corrected chi connectivity index (χ3v) is 3.50. The van der Waals surface area contributed by atoms with E-state index in [1.807, 2.05) is 24.3 Å². The van der Waals surface area contributed by atoms with Gasteiger partial charge < -0.3 is 19.5 Å². The minimum atomic E-state index is -0.457. The highest BCUT2D eigenvalue weighted by Gasteiger charge is 2.09. The second kappa shape index (κ2) is 9.32. The number of carbonyl (C=O) groups is 2. The molecule has 0 bridgehead atoms. The Kier molecular flexibility index (Phi) is 6.83. The maximum Gasteiger partial charge on any atom is 0.310 e. The van der Waals surface area contributed by atoms with Crippen LogP contribution in [0.15, 0.2) is 48.5 Å². The highest BCUT2D eigenvalue weighted by atomic mass is 16.5. The lowest BCUT2D eigenvalue weighted by atomic mass is 10.1. The number of nitrogens with one attached hydrogen (secondary N) is 1. The summed E-state index contributed by atoms with van der Waals surface area (Å²) < 4.78 is 15.2. The Bertz CT molecular complexity index is 712. The van der Waals surface area contributed by atoms with E-state index in [9.17, 15) is 9.59 Å². The van der Waals surface area contributed by atoms with Gasteiger partial charge in [0.15, 0.2) is 6.61 Å². The Hall–Kier alpha value is -3.02. The number of esters is 1. The van der Waals surface area contributed by atoms with Crippen LogP contribution in [0.25, 0.3) is 0 Å². The summed E-state index contributed by atoms with van der Waals surface area (Å²) in [5.74, 6) is 0.624. The molecule has 0 aliphatic heterocycles. The number of amides is 1. The molecule has 0 atom stereocenters. The van der Waals surface area contributed by atoms with Crippen LogP contribution in [-0.4, -0.2) is 32.7 Å². The lowest BCUT2D eigenvalue weighted by molar-refractivity contribution is -0.147. The average Bonchev–Trinajstić information content (AvgIpc) is 2.65. The minimum absolute atomic E-state index is 0.104. The lowest BCUT2D eigenvalue weighted by Crippen LogP contribution is -2.28. The quantitative estimate of drug-likeness (QED) is 0.743. The Labute approximate surface area is 146 Å². The van der Waals surface area contributed by atoms with Crippen molar-refractivity contribution in [3.63, 3.8) is 0 Å². The fraction of sp³-hybridized carbons (Fsp3) is 0.263. The molecule has 0 unspecified atom stereocenters. The Morgan fingerprint density at radius 2 is 1.64 bits per heavy atom. The van der Waals surface area contributed by atoms with E-state index in [1.165, 1.54) is 0 Å². The van der Waals surface area contributed by atoms with Gasteiger partial charge in [-0.3, -0.25) is 9.59 Å². The first kappa shape index (κ1) is 18.3. The summed E-state index contributed by atoms with van der Waals surface area (Å²) in [5.41, 5.74) is 1.69. The number of ether oxygens (including phenoxy) is 3. The van der Waals surface area contributed by atoms with Gasteiger partial charge in [0.2, 0.25) is 0 Å². The molecule has 6 nitrogen and oxygen atoms in total. The largest absolute Gasteiger partial charge is 0.497 e. The van der Waals surface area contributed by atoms with Gasteiger partial charge in [-0.05, 0) is 35.4 Å². The Morgan fingerprint density at radius 1 is 0.920 bits per heavy atom. The summed E-state index contributed by atoms with van der Waals surface area (Å²) in [6, 6.07) is 14.5. The molecule has 0 aromatic heterocycles. The molecule has 1 N–H and O–H groups in total. The molecule has 25 heavy (non-hydrogen) atoms. The van der Waals surface area contributed by atoms with Crippen molar-refractivity contribution in [1.29, 1.82) is 0 Å². The SMILES string of the molecule is COc1ccc(CC(=O)OCC(=O)NCc2cccc(OC)c2)cc1. The van der Waals surface area contributed by atoms with Crippen LogP contribution in [0.4, 0.5) is 0 Å². The first-order valence-electron chi connectivity index (χ1n) is 7.79. The maximum atomic E-state index is 11.8. The maximum absolute atomic E-state index is 11.8. The van der Waals surface area contributed by atoms with E-state index < -0.39 is 5.97 Å². The van der Waals surface area contributed by atoms with Crippen LogP contribution >= 0.6 is 0 Å². The number of hydrogen-bond acceptors (Lipinski definition) is 5. The Balaban J connectivity index is 1.72. The van der Waals surface area contributed by atoms with Crippen molar-refractivity contribution in [2.45, 2.75) is 13.0 Å². The number of methoxy groups -OCH3 is 2. The van der Waals surface area contributed by atoms with Crippen molar-refractivity contribution in [3.8, 4) is 11.5 Å². The summed E-state index contributed by atoms with van der Waals surface area (Å²) in [4.78, 5) is 23.6. The number of hydrogen-bond donors (Lipinski definition) is 1. The molecule has 2 rings (SSSR count). The summed E-state index contributed by atoms with van der Waals surface area (Å²) in [6.07, 6.45) is 0.104. The van der Waals surface area contributed by atoms with Gasteiger partial charge in [0, 0.05) is 6.54 Å². The Morgan fingerprint density at radius 3 is 2.32 bits per heavy atom. The minimum Gasteiger partial charge on any atom is -0.497 e. The zero-order valence-corrected chi connectivity index (χ0v) is 14.3. The normalized spacial score (nSPS) is 10.0. The third kappa shape index (κ3) is 6.18. The molecule has 0 radical (unpaired) electrons. The molecule has 6 heteroatoms. The fourth-order valence-electron chi connectivity index (χ4n) is 2.14. The van der Waals surface area contributed by atoms with Gasteiger partial charge in [-0.15, -0.1) is 0 Å². The molecule has 2 aromatic rings. The predicted molar refractivity (Wildman–Crippen MR) is 92.5 cm³/mol. The van der Waals surface area contributed by atoms with Crippen LogP contribution < -0.4 is 14.8 Å². The zero-order chi connectivity index (χ0) is 18.1. The smallest absolute Gasteiger partial charge is 0.310 e. The second-order valence-electron chi connectivity index (χ2n) is 5.31. The molecular weight excluding hydrogens is 322 g/mol. The molecule has 0 saturated heterocycles. The number of benzene rings is 2. The average molecular weight is 343 g/mol. The molecule has 0 aliphatic rings. The number of carbonyl (C=O) groups excluding carboxylic acids is 2. The predicted octanol–water partition coefficient (Wildman–Crippen LogP) is 2.11. The van der Waals surface area contributed by atoms with E-state index >= 15 is 0 Å². The van der Waals surface area contributed by atoms with Crippen LogP contribution in [0, 0.1) is 0 Å². The molecule has 0 spiro atoms. The van der Waals surface area contributed by atoms with Crippen molar-refractivity contribution < 1.29 is 23.8 Å². The van der Waals surface area contributed by atoms with Gasteiger partial charge in [-0.25, -0.2) is 0 Å². The number of rotatable bonds is 8. The van der Waals surface area contributed by atoms with Crippen molar-refractivity contribution in [3.05, 3.63) is 59.7 Å². The van der Waals surface area contributed by atoms with E-state index in [0.717, 1.165) is 16.9 Å². The van der Waals surface area contributed by atoms with E-state index in [0.29, 0.717) is 12.3 Å². The van der Waals surface area contributed by atoms with Gasteiger partial charge in [0.05, 0.1) is 20.6 Å². The van der Waals surface area contributed by atoms with E-state index in [4.69, 9.17) is 14.2 Å². The summed E-state index contributed by atoms with van der Waals surface area (Å²) in [5, 5.41) is 2.70. The van der Waals surface area contributed by atoms with Gasteiger partial charge >= 0.3 is 5.97 Å². The topological polar surface area (TPSA) is 73.9 Å². The molecule has 1 amide bonds. The first-order chi connectivity index (χ1) is 12.1. The van der Waals surface area contributed by atoms with Crippen molar-refractivity contribution in [2.24, 2.45) is 0 Å². The molecule has 2 aromatic carbocycles. The molecule has 0 saturated carbocycles. The highest BCUT2D eigenvalue weighted by Crippen LogP contribution is 2.13.